The first-order chi connectivity index (χ1) is 15.0. The minimum Gasteiger partial charge on any atom is -0.493 e. The first kappa shape index (κ1) is 25.7. The molecule has 0 radical (unpaired) electrons. The molecule has 0 spiro atoms. The molecular weight excluding hydrogens is 428 g/mol. The van der Waals surface area contributed by atoms with Crippen LogP contribution in [0.1, 0.15) is 36.1 Å². The predicted octanol–water partition coefficient (Wildman–Crippen LogP) is 3.29. The van der Waals surface area contributed by atoms with Crippen LogP contribution in [0.5, 0.6) is 11.5 Å². The highest BCUT2D eigenvalue weighted by Crippen LogP contribution is 2.27. The summed E-state index contributed by atoms with van der Waals surface area (Å²) in [6, 6.07) is 8.35. The van der Waals surface area contributed by atoms with E-state index in [-0.39, 0.29) is 16.7 Å². The Morgan fingerprint density at radius 2 is 1.56 bits per heavy atom. The second-order valence-corrected chi connectivity index (χ2v) is 9.95. The number of carbonyl (C=O) groups is 1. The number of methoxy groups -OCH3 is 2. The van der Waals surface area contributed by atoms with Gasteiger partial charge in [0.05, 0.1) is 19.1 Å². The van der Waals surface area contributed by atoms with Gasteiger partial charge in [0, 0.05) is 6.54 Å². The summed E-state index contributed by atoms with van der Waals surface area (Å²) >= 11 is 0. The smallest absolute Gasteiger partial charge is 0.241 e. The van der Waals surface area contributed by atoms with Crippen LogP contribution >= 0.6 is 0 Å². The maximum absolute atomic E-state index is 13.1. The van der Waals surface area contributed by atoms with Gasteiger partial charge in [-0.15, -0.1) is 0 Å². The number of rotatable bonds is 10. The number of carbonyl (C=O) groups excluding carboxylic acids is 1. The van der Waals surface area contributed by atoms with Crippen molar-refractivity contribution in [2.24, 2.45) is 5.92 Å². The third-order valence-electron chi connectivity index (χ3n) is 5.27. The quantitative estimate of drug-likeness (QED) is 0.565. The van der Waals surface area contributed by atoms with Crippen molar-refractivity contribution in [2.75, 3.05) is 20.8 Å². The molecule has 2 rings (SSSR count). The second kappa shape index (κ2) is 10.8. The lowest BCUT2D eigenvalue weighted by molar-refractivity contribution is -0.123. The molecule has 1 unspecified atom stereocenters. The van der Waals surface area contributed by atoms with Gasteiger partial charge in [-0.05, 0) is 61.9 Å². The van der Waals surface area contributed by atoms with E-state index in [4.69, 9.17) is 9.47 Å². The molecule has 32 heavy (non-hydrogen) atoms. The van der Waals surface area contributed by atoms with Crippen molar-refractivity contribution in [3.8, 4) is 11.5 Å². The Bertz CT molecular complexity index is 1040. The summed E-state index contributed by atoms with van der Waals surface area (Å²) in [4.78, 5) is 13.1. The number of aryl methyl sites for hydroxylation is 3. The third-order valence-corrected chi connectivity index (χ3v) is 7.01. The molecule has 2 aromatic rings. The summed E-state index contributed by atoms with van der Waals surface area (Å²) in [5, 5.41) is 2.85. The molecule has 0 aromatic heterocycles. The van der Waals surface area contributed by atoms with Gasteiger partial charge in [0.2, 0.25) is 15.9 Å². The molecule has 0 aliphatic carbocycles. The molecular formula is C24H34N2O5S. The molecule has 7 nitrogen and oxygen atoms in total. The first-order valence-corrected chi connectivity index (χ1v) is 12.1. The van der Waals surface area contributed by atoms with Crippen LogP contribution in [0.3, 0.4) is 0 Å². The standard InChI is InChI=1S/C24H34N2O5S/c1-15(2)22(26-32(28,29)23-17(4)12-16(3)13-18(23)5)24(27)25-11-10-19-8-9-20(30-6)21(14-19)31-7/h8-9,12-15,22,26H,10-11H2,1-7H3,(H,25,27). The number of hydrogen-bond acceptors (Lipinski definition) is 5. The molecule has 0 saturated heterocycles. The van der Waals surface area contributed by atoms with Crippen molar-refractivity contribution in [3.05, 3.63) is 52.6 Å². The summed E-state index contributed by atoms with van der Waals surface area (Å²) in [5.41, 5.74) is 3.28. The van der Waals surface area contributed by atoms with Crippen molar-refractivity contribution in [1.82, 2.24) is 10.0 Å². The molecule has 176 valence electrons. The van der Waals surface area contributed by atoms with E-state index in [2.05, 4.69) is 10.0 Å². The van der Waals surface area contributed by atoms with Crippen molar-refractivity contribution in [3.63, 3.8) is 0 Å². The first-order valence-electron chi connectivity index (χ1n) is 10.6. The zero-order valence-corrected chi connectivity index (χ0v) is 20.7. The van der Waals surface area contributed by atoms with E-state index in [0.29, 0.717) is 35.6 Å². The lowest BCUT2D eigenvalue weighted by atomic mass is 10.0. The van der Waals surface area contributed by atoms with Crippen LogP contribution in [-0.4, -0.2) is 41.1 Å². The summed E-state index contributed by atoms with van der Waals surface area (Å²) in [7, 11) is -0.719. The second-order valence-electron chi connectivity index (χ2n) is 8.30. The summed E-state index contributed by atoms with van der Waals surface area (Å²) in [6.45, 7) is 9.45. The lowest BCUT2D eigenvalue weighted by Gasteiger charge is -2.23. The predicted molar refractivity (Wildman–Crippen MR) is 126 cm³/mol. The fraction of sp³-hybridized carbons (Fsp3) is 0.458. The van der Waals surface area contributed by atoms with Crippen molar-refractivity contribution >= 4 is 15.9 Å². The number of amides is 1. The number of sulfonamides is 1. The van der Waals surface area contributed by atoms with Gasteiger partial charge >= 0.3 is 0 Å². The average molecular weight is 463 g/mol. The Kier molecular flexibility index (Phi) is 8.69. The lowest BCUT2D eigenvalue weighted by Crippen LogP contribution is -2.50. The molecule has 0 aliphatic heterocycles. The monoisotopic (exact) mass is 462 g/mol. The molecule has 0 aliphatic rings. The zero-order valence-electron chi connectivity index (χ0n) is 19.9. The largest absolute Gasteiger partial charge is 0.493 e. The minimum atomic E-state index is -3.86. The van der Waals surface area contributed by atoms with E-state index in [0.717, 1.165) is 11.1 Å². The van der Waals surface area contributed by atoms with E-state index < -0.39 is 16.1 Å². The van der Waals surface area contributed by atoms with E-state index in [1.807, 2.05) is 51.1 Å². The Morgan fingerprint density at radius 3 is 2.09 bits per heavy atom. The molecule has 0 heterocycles. The topological polar surface area (TPSA) is 93.7 Å². The van der Waals surface area contributed by atoms with Crippen LogP contribution in [0.2, 0.25) is 0 Å². The van der Waals surface area contributed by atoms with E-state index in [1.54, 1.807) is 28.1 Å². The van der Waals surface area contributed by atoms with Crippen LogP contribution in [0.25, 0.3) is 0 Å². The van der Waals surface area contributed by atoms with Crippen LogP contribution in [-0.2, 0) is 21.2 Å². The van der Waals surface area contributed by atoms with Gasteiger partial charge in [-0.1, -0.05) is 37.6 Å². The van der Waals surface area contributed by atoms with Crippen LogP contribution in [0, 0.1) is 26.7 Å². The van der Waals surface area contributed by atoms with Crippen LogP contribution in [0.15, 0.2) is 35.2 Å². The van der Waals surface area contributed by atoms with Gasteiger partial charge in [-0.2, -0.15) is 4.72 Å². The maximum atomic E-state index is 13.1. The number of nitrogens with one attached hydrogen (secondary N) is 2. The number of ether oxygens (including phenoxy) is 2. The molecule has 2 aromatic carbocycles. The van der Waals surface area contributed by atoms with Gasteiger partial charge in [0.1, 0.15) is 6.04 Å². The molecule has 0 bridgehead atoms. The highest BCUT2D eigenvalue weighted by atomic mass is 32.2. The van der Waals surface area contributed by atoms with Gasteiger partial charge in [0.15, 0.2) is 11.5 Å². The van der Waals surface area contributed by atoms with E-state index >= 15 is 0 Å². The molecule has 8 heteroatoms. The highest BCUT2D eigenvalue weighted by Gasteiger charge is 2.30. The Hall–Kier alpha value is -2.58. The fourth-order valence-corrected chi connectivity index (χ4v) is 5.58. The van der Waals surface area contributed by atoms with E-state index in [1.165, 1.54) is 0 Å². The van der Waals surface area contributed by atoms with Crippen LogP contribution in [0.4, 0.5) is 0 Å². The van der Waals surface area contributed by atoms with Crippen molar-refractivity contribution in [1.29, 1.82) is 0 Å². The summed E-state index contributed by atoms with van der Waals surface area (Å²) < 4.78 is 39.4. The van der Waals surface area contributed by atoms with Gasteiger partial charge in [-0.25, -0.2) is 8.42 Å². The number of hydrogen-bond donors (Lipinski definition) is 2. The molecule has 2 N–H and O–H groups in total. The van der Waals surface area contributed by atoms with Gasteiger partial charge < -0.3 is 14.8 Å². The maximum Gasteiger partial charge on any atom is 0.241 e. The zero-order chi connectivity index (χ0) is 24.1. The summed E-state index contributed by atoms with van der Waals surface area (Å²) in [6.07, 6.45) is 0.569. The number of benzene rings is 2. The summed E-state index contributed by atoms with van der Waals surface area (Å²) in [5.74, 6) is 0.674. The third kappa shape index (κ3) is 6.23. The SMILES string of the molecule is COc1ccc(CCNC(=O)C(NS(=O)(=O)c2c(C)cc(C)cc2C)C(C)C)cc1OC. The molecule has 0 saturated carbocycles. The minimum absolute atomic E-state index is 0.225. The highest BCUT2D eigenvalue weighted by molar-refractivity contribution is 7.89. The Labute approximate surface area is 191 Å². The Morgan fingerprint density at radius 1 is 0.969 bits per heavy atom. The normalized spacial score (nSPS) is 12.5. The Balaban J connectivity index is 2.10. The van der Waals surface area contributed by atoms with Crippen molar-refractivity contribution in [2.45, 2.75) is 52.0 Å². The van der Waals surface area contributed by atoms with Crippen molar-refractivity contribution < 1.29 is 22.7 Å². The molecule has 1 atom stereocenters. The average Bonchev–Trinajstić information content (AvgIpc) is 2.70. The van der Waals surface area contributed by atoms with E-state index in [9.17, 15) is 13.2 Å². The molecule has 0 fully saturated rings. The van der Waals surface area contributed by atoms with Gasteiger partial charge in [-0.3, -0.25) is 4.79 Å². The fourth-order valence-electron chi connectivity index (χ4n) is 3.79. The molecule has 1 amide bonds. The van der Waals surface area contributed by atoms with Gasteiger partial charge in [0.25, 0.3) is 0 Å². The van der Waals surface area contributed by atoms with Crippen LogP contribution < -0.4 is 19.5 Å².